The van der Waals surface area contributed by atoms with Crippen LogP contribution in [0, 0.1) is 19.8 Å². The SMILES string of the molecule is Cc1nn(C)c(C)c1-c1nccnc1C[C@@H]1CCCN(S(=O)(=O)N(C)C)C1. The van der Waals surface area contributed by atoms with Crippen LogP contribution in [0.4, 0.5) is 0 Å². The molecule has 0 N–H and O–H groups in total. The van der Waals surface area contributed by atoms with E-state index in [1.165, 1.54) is 4.31 Å². The summed E-state index contributed by atoms with van der Waals surface area (Å²) in [6, 6.07) is 0. The second kappa shape index (κ2) is 7.65. The lowest BCUT2D eigenvalue weighted by molar-refractivity contribution is 0.253. The molecule has 8 nitrogen and oxygen atoms in total. The Hall–Kier alpha value is -1.84. The molecule has 27 heavy (non-hydrogen) atoms. The van der Waals surface area contributed by atoms with Gasteiger partial charge < -0.3 is 0 Å². The number of aromatic nitrogens is 4. The van der Waals surface area contributed by atoms with Crippen molar-refractivity contribution in [3.05, 3.63) is 29.5 Å². The van der Waals surface area contributed by atoms with Crippen LogP contribution in [0.2, 0.25) is 0 Å². The third kappa shape index (κ3) is 3.90. The van der Waals surface area contributed by atoms with Crippen molar-refractivity contribution in [2.75, 3.05) is 27.2 Å². The number of hydrogen-bond donors (Lipinski definition) is 0. The van der Waals surface area contributed by atoms with Gasteiger partial charge in [0, 0.05) is 57.9 Å². The maximum Gasteiger partial charge on any atom is 0.281 e. The van der Waals surface area contributed by atoms with Crippen LogP contribution in [-0.4, -0.2) is 64.0 Å². The van der Waals surface area contributed by atoms with E-state index in [4.69, 9.17) is 0 Å². The van der Waals surface area contributed by atoms with Gasteiger partial charge in [-0.1, -0.05) is 0 Å². The van der Waals surface area contributed by atoms with Gasteiger partial charge in [-0.3, -0.25) is 14.6 Å². The van der Waals surface area contributed by atoms with Gasteiger partial charge in [-0.15, -0.1) is 0 Å². The van der Waals surface area contributed by atoms with E-state index in [1.54, 1.807) is 30.8 Å². The standard InChI is InChI=1S/C18H28N6O2S/c1-13-17(14(2)23(5)21-13)18-16(19-8-9-20-18)11-15-7-6-10-24(12-15)27(25,26)22(3)4/h8-9,15H,6-7,10-12H2,1-5H3/t15-/m0/s1. The normalized spacial score (nSPS) is 19.0. The Labute approximate surface area is 161 Å². The molecule has 0 unspecified atom stereocenters. The smallest absolute Gasteiger partial charge is 0.272 e. The second-order valence-electron chi connectivity index (χ2n) is 7.38. The fourth-order valence-corrected chi connectivity index (χ4v) is 4.97. The predicted molar refractivity (Wildman–Crippen MR) is 104 cm³/mol. The Bertz CT molecular complexity index is 922. The highest BCUT2D eigenvalue weighted by Gasteiger charge is 2.31. The zero-order valence-electron chi connectivity index (χ0n) is 16.7. The van der Waals surface area contributed by atoms with Crippen LogP contribution in [0.5, 0.6) is 0 Å². The third-order valence-electron chi connectivity index (χ3n) is 5.27. The van der Waals surface area contributed by atoms with Crippen molar-refractivity contribution in [3.63, 3.8) is 0 Å². The predicted octanol–water partition coefficient (Wildman–Crippen LogP) is 1.55. The van der Waals surface area contributed by atoms with Crippen LogP contribution in [0.3, 0.4) is 0 Å². The molecule has 0 spiro atoms. The number of nitrogens with zero attached hydrogens (tertiary/aromatic N) is 6. The Morgan fingerprint density at radius 1 is 1.22 bits per heavy atom. The third-order valence-corrected chi connectivity index (χ3v) is 7.18. The molecule has 2 aromatic rings. The molecule has 148 valence electrons. The molecule has 1 fully saturated rings. The van der Waals surface area contributed by atoms with Crippen LogP contribution in [0.15, 0.2) is 12.4 Å². The van der Waals surface area contributed by atoms with E-state index < -0.39 is 10.2 Å². The number of rotatable bonds is 5. The molecule has 0 bridgehead atoms. The fraction of sp³-hybridized carbons (Fsp3) is 0.611. The molecule has 9 heteroatoms. The highest BCUT2D eigenvalue weighted by Crippen LogP contribution is 2.30. The summed E-state index contributed by atoms with van der Waals surface area (Å²) < 4.78 is 29.7. The molecule has 1 aliphatic heterocycles. The summed E-state index contributed by atoms with van der Waals surface area (Å²) in [6.07, 6.45) is 5.96. The molecule has 3 rings (SSSR count). The molecular formula is C18H28N6O2S. The number of piperidine rings is 1. The van der Waals surface area contributed by atoms with E-state index in [1.807, 2.05) is 25.6 Å². The van der Waals surface area contributed by atoms with Gasteiger partial charge in [-0.2, -0.15) is 22.1 Å². The van der Waals surface area contributed by atoms with Crippen LogP contribution < -0.4 is 0 Å². The molecule has 0 aromatic carbocycles. The molecule has 1 saturated heterocycles. The van der Waals surface area contributed by atoms with Crippen LogP contribution in [-0.2, 0) is 23.7 Å². The largest absolute Gasteiger partial charge is 0.281 e. The van der Waals surface area contributed by atoms with Gasteiger partial charge in [-0.25, -0.2) is 0 Å². The summed E-state index contributed by atoms with van der Waals surface area (Å²) in [5.41, 5.74) is 4.76. The fourth-order valence-electron chi connectivity index (χ4n) is 3.75. The number of aryl methyl sites for hydroxylation is 2. The van der Waals surface area contributed by atoms with Gasteiger partial charge in [0.05, 0.1) is 17.1 Å². The Morgan fingerprint density at radius 3 is 2.56 bits per heavy atom. The summed E-state index contributed by atoms with van der Waals surface area (Å²) in [5, 5.41) is 4.49. The molecule has 0 radical (unpaired) electrons. The summed E-state index contributed by atoms with van der Waals surface area (Å²) in [7, 11) is 1.70. The van der Waals surface area contributed by atoms with E-state index in [-0.39, 0.29) is 5.92 Å². The average molecular weight is 393 g/mol. The first kappa shape index (κ1) is 19.9. The Kier molecular flexibility index (Phi) is 5.64. The molecule has 1 aliphatic rings. The van der Waals surface area contributed by atoms with Gasteiger partial charge >= 0.3 is 0 Å². The zero-order chi connectivity index (χ0) is 19.8. The van der Waals surface area contributed by atoms with Gasteiger partial charge in [0.25, 0.3) is 10.2 Å². The topological polar surface area (TPSA) is 84.2 Å². The van der Waals surface area contributed by atoms with Crippen LogP contribution in [0.25, 0.3) is 11.3 Å². The lowest BCUT2D eigenvalue weighted by Gasteiger charge is -2.33. The lowest BCUT2D eigenvalue weighted by atomic mass is 9.92. The Balaban J connectivity index is 1.87. The van der Waals surface area contributed by atoms with Gasteiger partial charge in [0.15, 0.2) is 0 Å². The van der Waals surface area contributed by atoms with Crippen molar-refractivity contribution in [1.82, 2.24) is 28.4 Å². The highest BCUT2D eigenvalue weighted by atomic mass is 32.2. The van der Waals surface area contributed by atoms with Gasteiger partial charge in [0.2, 0.25) is 0 Å². The van der Waals surface area contributed by atoms with Gasteiger partial charge in [0.1, 0.15) is 0 Å². The maximum absolute atomic E-state index is 12.5. The monoisotopic (exact) mass is 392 g/mol. The summed E-state index contributed by atoms with van der Waals surface area (Å²) >= 11 is 0. The molecule has 2 aromatic heterocycles. The van der Waals surface area contributed by atoms with Crippen molar-refractivity contribution < 1.29 is 8.42 Å². The van der Waals surface area contributed by atoms with E-state index in [0.717, 1.165) is 41.2 Å². The minimum absolute atomic E-state index is 0.223. The van der Waals surface area contributed by atoms with E-state index in [9.17, 15) is 8.42 Å². The first-order chi connectivity index (χ1) is 12.7. The van der Waals surface area contributed by atoms with E-state index >= 15 is 0 Å². The average Bonchev–Trinajstić information content (AvgIpc) is 2.88. The molecule has 0 aliphatic carbocycles. The highest BCUT2D eigenvalue weighted by molar-refractivity contribution is 7.86. The maximum atomic E-state index is 12.5. The minimum Gasteiger partial charge on any atom is -0.272 e. The molecule has 3 heterocycles. The molecular weight excluding hydrogens is 364 g/mol. The zero-order valence-corrected chi connectivity index (χ0v) is 17.5. The van der Waals surface area contributed by atoms with Crippen molar-refractivity contribution in [1.29, 1.82) is 0 Å². The van der Waals surface area contributed by atoms with Crippen molar-refractivity contribution in [3.8, 4) is 11.3 Å². The van der Waals surface area contributed by atoms with E-state index in [0.29, 0.717) is 19.5 Å². The quantitative estimate of drug-likeness (QED) is 0.771. The molecule has 0 saturated carbocycles. The van der Waals surface area contributed by atoms with Crippen LogP contribution in [0.1, 0.15) is 29.9 Å². The first-order valence-corrected chi connectivity index (χ1v) is 10.6. The second-order valence-corrected chi connectivity index (χ2v) is 9.52. The van der Waals surface area contributed by atoms with Gasteiger partial charge in [-0.05, 0) is 39.0 Å². The number of hydrogen-bond acceptors (Lipinski definition) is 5. The Morgan fingerprint density at radius 2 is 1.93 bits per heavy atom. The van der Waals surface area contributed by atoms with Crippen LogP contribution >= 0.6 is 0 Å². The first-order valence-electron chi connectivity index (χ1n) is 9.20. The lowest BCUT2D eigenvalue weighted by Crippen LogP contribution is -2.45. The van der Waals surface area contributed by atoms with E-state index in [2.05, 4.69) is 15.1 Å². The van der Waals surface area contributed by atoms with Crippen molar-refractivity contribution in [2.45, 2.75) is 33.1 Å². The van der Waals surface area contributed by atoms with Crippen molar-refractivity contribution in [2.24, 2.45) is 13.0 Å². The summed E-state index contributed by atoms with van der Waals surface area (Å²) in [6.45, 7) is 5.10. The molecule has 0 amide bonds. The molecule has 1 atom stereocenters. The minimum atomic E-state index is -3.38. The summed E-state index contributed by atoms with van der Waals surface area (Å²) in [4.78, 5) is 9.17. The van der Waals surface area contributed by atoms with Crippen molar-refractivity contribution >= 4 is 10.2 Å². The summed E-state index contributed by atoms with van der Waals surface area (Å²) in [5.74, 6) is 0.223.